The maximum absolute atomic E-state index is 11.4. The molecule has 102 valence electrons. The number of nitro benzene ring substituents is 2. The summed E-state index contributed by atoms with van der Waals surface area (Å²) in [6.45, 7) is 0. The first kappa shape index (κ1) is 14.9. The molecule has 0 aromatic heterocycles. The Balaban J connectivity index is 3.10. The molecule has 0 aliphatic rings. The number of thiol groups is 1. The second-order valence-corrected chi connectivity index (χ2v) is 3.74. The molecule has 1 rings (SSSR count). The quantitative estimate of drug-likeness (QED) is 0.266. The van der Waals surface area contributed by atoms with E-state index in [1.165, 1.54) is 0 Å². The predicted octanol–water partition coefficient (Wildman–Crippen LogP) is 0.665. The Bertz CT molecular complexity index is 535. The summed E-state index contributed by atoms with van der Waals surface area (Å²) in [7, 11) is 0. The predicted molar refractivity (Wildman–Crippen MR) is 67.2 cm³/mol. The summed E-state index contributed by atoms with van der Waals surface area (Å²) in [5, 5.41) is 21.3. The van der Waals surface area contributed by atoms with Gasteiger partial charge in [-0.3, -0.25) is 20.2 Å². The standard InChI is InChI=1S/C9H9N3O6S/c10-6(4-19)9(13)18-8-2-1-5(11(14)15)3-7(8)12(16)17/h1-3,6,19H,4,10H2/t6-/m0/s1. The van der Waals surface area contributed by atoms with Gasteiger partial charge in [0.1, 0.15) is 6.04 Å². The zero-order chi connectivity index (χ0) is 14.6. The van der Waals surface area contributed by atoms with E-state index in [1.54, 1.807) is 0 Å². The molecule has 0 unspecified atom stereocenters. The first-order chi connectivity index (χ1) is 8.86. The molecule has 10 heteroatoms. The van der Waals surface area contributed by atoms with Crippen molar-refractivity contribution in [1.82, 2.24) is 0 Å². The molecule has 0 amide bonds. The minimum atomic E-state index is -1.04. The van der Waals surface area contributed by atoms with Crippen LogP contribution >= 0.6 is 12.6 Å². The van der Waals surface area contributed by atoms with Crippen molar-refractivity contribution in [2.45, 2.75) is 6.04 Å². The molecule has 1 atom stereocenters. The van der Waals surface area contributed by atoms with Gasteiger partial charge in [0.2, 0.25) is 5.75 Å². The minimum Gasteiger partial charge on any atom is -0.418 e. The third-order valence-corrected chi connectivity index (χ3v) is 2.45. The van der Waals surface area contributed by atoms with Crippen molar-refractivity contribution in [2.75, 3.05) is 5.75 Å². The van der Waals surface area contributed by atoms with Gasteiger partial charge in [0.05, 0.1) is 15.9 Å². The van der Waals surface area contributed by atoms with Crippen LogP contribution in [-0.2, 0) is 4.79 Å². The smallest absolute Gasteiger partial charge is 0.329 e. The van der Waals surface area contributed by atoms with Crippen molar-refractivity contribution in [2.24, 2.45) is 5.73 Å². The van der Waals surface area contributed by atoms with Gasteiger partial charge in [-0.15, -0.1) is 0 Å². The number of carbonyl (C=O) groups is 1. The van der Waals surface area contributed by atoms with Crippen LogP contribution in [0, 0.1) is 20.2 Å². The number of rotatable bonds is 5. The molecule has 1 aromatic carbocycles. The summed E-state index contributed by atoms with van der Waals surface area (Å²) >= 11 is 3.78. The average molecular weight is 287 g/mol. The third kappa shape index (κ3) is 3.63. The molecule has 0 saturated heterocycles. The van der Waals surface area contributed by atoms with E-state index in [0.29, 0.717) is 6.07 Å². The molecule has 0 fully saturated rings. The van der Waals surface area contributed by atoms with Crippen molar-refractivity contribution in [1.29, 1.82) is 0 Å². The Morgan fingerprint density at radius 2 is 2.00 bits per heavy atom. The number of non-ortho nitro benzene ring substituents is 1. The number of benzene rings is 1. The summed E-state index contributed by atoms with van der Waals surface area (Å²) in [6, 6.07) is 1.62. The fourth-order valence-corrected chi connectivity index (χ4v) is 1.26. The van der Waals surface area contributed by atoms with Gasteiger partial charge in [0, 0.05) is 11.8 Å². The van der Waals surface area contributed by atoms with Crippen molar-refractivity contribution < 1.29 is 19.4 Å². The van der Waals surface area contributed by atoms with Gasteiger partial charge < -0.3 is 10.5 Å². The summed E-state index contributed by atoms with van der Waals surface area (Å²) in [6.07, 6.45) is 0. The monoisotopic (exact) mass is 287 g/mol. The fraction of sp³-hybridized carbons (Fsp3) is 0.222. The Morgan fingerprint density at radius 3 is 2.47 bits per heavy atom. The maximum Gasteiger partial charge on any atom is 0.329 e. The lowest BCUT2D eigenvalue weighted by Gasteiger charge is -2.08. The molecule has 0 radical (unpaired) electrons. The van der Waals surface area contributed by atoms with Crippen LogP contribution < -0.4 is 10.5 Å². The summed E-state index contributed by atoms with van der Waals surface area (Å²) in [5.74, 6) is -1.32. The molecule has 0 heterocycles. The second-order valence-electron chi connectivity index (χ2n) is 3.38. The van der Waals surface area contributed by atoms with Gasteiger partial charge in [-0.25, -0.2) is 4.79 Å². The number of nitrogens with two attached hydrogens (primary N) is 1. The van der Waals surface area contributed by atoms with Crippen molar-refractivity contribution in [3.63, 3.8) is 0 Å². The molecule has 0 aliphatic carbocycles. The van der Waals surface area contributed by atoms with Crippen LogP contribution in [0.1, 0.15) is 0 Å². The number of nitro groups is 2. The maximum atomic E-state index is 11.4. The first-order valence-corrected chi connectivity index (χ1v) is 5.51. The molecule has 0 saturated carbocycles. The van der Waals surface area contributed by atoms with Gasteiger partial charge in [-0.1, -0.05) is 0 Å². The van der Waals surface area contributed by atoms with E-state index in [4.69, 9.17) is 10.5 Å². The molecule has 0 aliphatic heterocycles. The molecule has 2 N–H and O–H groups in total. The molecular formula is C9H9N3O6S. The van der Waals surface area contributed by atoms with Crippen LogP contribution in [0.25, 0.3) is 0 Å². The molecular weight excluding hydrogens is 278 g/mol. The number of esters is 1. The van der Waals surface area contributed by atoms with Crippen LogP contribution in [0.5, 0.6) is 5.75 Å². The lowest BCUT2D eigenvalue weighted by Crippen LogP contribution is -2.35. The first-order valence-electron chi connectivity index (χ1n) is 4.87. The van der Waals surface area contributed by atoms with E-state index in [0.717, 1.165) is 12.1 Å². The highest BCUT2D eigenvalue weighted by atomic mass is 32.1. The number of carbonyl (C=O) groups excluding carboxylic acids is 1. The van der Waals surface area contributed by atoms with Crippen LogP contribution in [-0.4, -0.2) is 27.6 Å². The van der Waals surface area contributed by atoms with Gasteiger partial charge in [-0.05, 0) is 6.07 Å². The minimum absolute atomic E-state index is 0.000385. The van der Waals surface area contributed by atoms with E-state index < -0.39 is 39.0 Å². The van der Waals surface area contributed by atoms with Gasteiger partial charge in [0.15, 0.2) is 0 Å². The zero-order valence-corrected chi connectivity index (χ0v) is 10.3. The number of hydrogen-bond acceptors (Lipinski definition) is 8. The van der Waals surface area contributed by atoms with E-state index in [-0.39, 0.29) is 5.75 Å². The van der Waals surface area contributed by atoms with Crippen molar-refractivity contribution in [3.05, 3.63) is 38.4 Å². The van der Waals surface area contributed by atoms with E-state index in [1.807, 2.05) is 0 Å². The SMILES string of the molecule is N[C@@H](CS)C(=O)Oc1ccc([N+](=O)[O-])cc1[N+](=O)[O-]. The molecule has 19 heavy (non-hydrogen) atoms. The highest BCUT2D eigenvalue weighted by molar-refractivity contribution is 7.80. The molecule has 0 spiro atoms. The zero-order valence-electron chi connectivity index (χ0n) is 9.38. The second kappa shape index (κ2) is 6.11. The third-order valence-electron chi connectivity index (χ3n) is 2.06. The number of ether oxygens (including phenoxy) is 1. The summed E-state index contributed by atoms with van der Waals surface area (Å²) in [5.41, 5.74) is 4.17. The normalized spacial score (nSPS) is 11.7. The summed E-state index contributed by atoms with van der Waals surface area (Å²) < 4.78 is 4.72. The Labute approximate surface area is 112 Å². The van der Waals surface area contributed by atoms with Crippen LogP contribution in [0.2, 0.25) is 0 Å². The van der Waals surface area contributed by atoms with Gasteiger partial charge in [0.25, 0.3) is 5.69 Å². The van der Waals surface area contributed by atoms with Gasteiger partial charge >= 0.3 is 11.7 Å². The van der Waals surface area contributed by atoms with E-state index in [2.05, 4.69) is 12.6 Å². The highest BCUT2D eigenvalue weighted by Crippen LogP contribution is 2.31. The molecule has 1 aromatic rings. The lowest BCUT2D eigenvalue weighted by molar-refractivity contribution is -0.394. The topological polar surface area (TPSA) is 139 Å². The lowest BCUT2D eigenvalue weighted by atomic mass is 10.2. The fourth-order valence-electron chi connectivity index (χ4n) is 1.11. The van der Waals surface area contributed by atoms with Crippen LogP contribution in [0.3, 0.4) is 0 Å². The van der Waals surface area contributed by atoms with Crippen LogP contribution in [0.4, 0.5) is 11.4 Å². The Hall–Kier alpha value is -2.20. The van der Waals surface area contributed by atoms with E-state index >= 15 is 0 Å². The summed E-state index contributed by atoms with van der Waals surface area (Å²) in [4.78, 5) is 31.0. The van der Waals surface area contributed by atoms with E-state index in [9.17, 15) is 25.0 Å². The van der Waals surface area contributed by atoms with Gasteiger partial charge in [-0.2, -0.15) is 12.6 Å². The Morgan fingerprint density at radius 1 is 1.37 bits per heavy atom. The van der Waals surface area contributed by atoms with Crippen molar-refractivity contribution in [3.8, 4) is 5.75 Å². The molecule has 9 nitrogen and oxygen atoms in total. The van der Waals surface area contributed by atoms with Crippen LogP contribution in [0.15, 0.2) is 18.2 Å². The number of nitrogens with zero attached hydrogens (tertiary/aromatic N) is 2. The average Bonchev–Trinajstić information content (AvgIpc) is 2.37. The van der Waals surface area contributed by atoms with Crippen molar-refractivity contribution >= 4 is 30.0 Å². The largest absolute Gasteiger partial charge is 0.418 e. The molecule has 0 bridgehead atoms. The number of hydrogen-bond donors (Lipinski definition) is 2. The highest BCUT2D eigenvalue weighted by Gasteiger charge is 2.24. The Kier molecular flexibility index (Phi) is 4.78.